The maximum absolute atomic E-state index is 11.7. The van der Waals surface area contributed by atoms with Gasteiger partial charge in [-0.15, -0.1) is 11.3 Å². The van der Waals surface area contributed by atoms with Gasteiger partial charge in [0.2, 0.25) is 0 Å². The van der Waals surface area contributed by atoms with E-state index in [0.717, 1.165) is 11.3 Å². The van der Waals surface area contributed by atoms with Crippen LogP contribution in [0.2, 0.25) is 8.67 Å². The van der Waals surface area contributed by atoms with Crippen molar-refractivity contribution in [2.75, 3.05) is 13.2 Å². The topological polar surface area (TPSA) is 26.3 Å². The summed E-state index contributed by atoms with van der Waals surface area (Å²) in [6.07, 6.45) is -4.45. The summed E-state index contributed by atoms with van der Waals surface area (Å²) < 4.78 is 39.8. The van der Waals surface area contributed by atoms with E-state index in [-0.39, 0.29) is 9.90 Å². The summed E-state index contributed by atoms with van der Waals surface area (Å²) in [5, 5.41) is 0. The van der Waals surface area contributed by atoms with Crippen LogP contribution in [0.15, 0.2) is 6.07 Å². The molecule has 0 amide bonds. The van der Waals surface area contributed by atoms with E-state index in [4.69, 9.17) is 23.2 Å². The molecule has 0 aliphatic rings. The molecule has 16 heavy (non-hydrogen) atoms. The van der Waals surface area contributed by atoms with E-state index < -0.39 is 25.2 Å². The normalized spacial score (nSPS) is 11.8. The van der Waals surface area contributed by atoms with E-state index in [1.165, 1.54) is 6.07 Å². The van der Waals surface area contributed by atoms with Crippen LogP contribution in [0.25, 0.3) is 0 Å². The van der Waals surface area contributed by atoms with Gasteiger partial charge in [0.05, 0.1) is 9.90 Å². The summed E-state index contributed by atoms with van der Waals surface area (Å²) in [4.78, 5) is 11.3. The Balaban J connectivity index is 2.51. The number of thiophene rings is 1. The molecule has 1 heterocycles. The molecule has 2 nitrogen and oxygen atoms in total. The summed E-state index contributed by atoms with van der Waals surface area (Å²) in [6, 6.07) is 1.30. The van der Waals surface area contributed by atoms with Crippen LogP contribution in [0.5, 0.6) is 0 Å². The van der Waals surface area contributed by atoms with Gasteiger partial charge >= 0.3 is 6.18 Å². The molecule has 8 heteroatoms. The molecule has 0 unspecified atom stereocenters. The number of hydrogen-bond donors (Lipinski definition) is 0. The van der Waals surface area contributed by atoms with Gasteiger partial charge in [0, 0.05) is 0 Å². The average molecular weight is 293 g/mol. The second-order valence-corrected chi connectivity index (χ2v) is 5.05. The minimum absolute atomic E-state index is 0.0823. The Morgan fingerprint density at radius 2 is 2.06 bits per heavy atom. The lowest BCUT2D eigenvalue weighted by Crippen LogP contribution is -2.20. The van der Waals surface area contributed by atoms with Gasteiger partial charge in [0.1, 0.15) is 17.6 Å². The lowest BCUT2D eigenvalue weighted by molar-refractivity contribution is -0.170. The molecular weight excluding hydrogens is 288 g/mol. The largest absolute Gasteiger partial charge is 0.411 e. The van der Waals surface area contributed by atoms with Crippen molar-refractivity contribution in [2.45, 2.75) is 6.18 Å². The zero-order valence-corrected chi connectivity index (χ0v) is 9.93. The highest BCUT2D eigenvalue weighted by Gasteiger charge is 2.28. The van der Waals surface area contributed by atoms with Crippen molar-refractivity contribution in [3.05, 3.63) is 20.3 Å². The lowest BCUT2D eigenvalue weighted by Gasteiger charge is -2.06. The summed E-state index contributed by atoms with van der Waals surface area (Å²) in [5.41, 5.74) is 0.0823. The van der Waals surface area contributed by atoms with E-state index in [9.17, 15) is 18.0 Å². The summed E-state index contributed by atoms with van der Waals surface area (Å²) in [6.45, 7) is -2.14. The number of carbonyl (C=O) groups excluding carboxylic acids is 1. The van der Waals surface area contributed by atoms with Gasteiger partial charge in [-0.1, -0.05) is 23.2 Å². The molecule has 1 aromatic heterocycles. The average Bonchev–Trinajstić information content (AvgIpc) is 2.43. The third-order valence-corrected chi connectivity index (χ3v) is 2.94. The van der Waals surface area contributed by atoms with Crippen molar-refractivity contribution in [3.63, 3.8) is 0 Å². The van der Waals surface area contributed by atoms with Crippen molar-refractivity contribution >= 4 is 40.3 Å². The first kappa shape index (κ1) is 13.8. The van der Waals surface area contributed by atoms with Gasteiger partial charge in [0.15, 0.2) is 5.78 Å². The van der Waals surface area contributed by atoms with Crippen LogP contribution < -0.4 is 0 Å². The SMILES string of the molecule is O=C(COCC(F)(F)F)c1cc(Cl)sc1Cl. The Kier molecular flexibility index (Phi) is 4.61. The molecule has 0 fully saturated rings. The number of Topliss-reactive ketones (excluding diaryl/α,β-unsaturated/α-hetero) is 1. The monoisotopic (exact) mass is 292 g/mol. The maximum atomic E-state index is 11.7. The highest BCUT2D eigenvalue weighted by molar-refractivity contribution is 7.20. The Labute approximate surface area is 103 Å². The quantitative estimate of drug-likeness (QED) is 0.789. The number of rotatable bonds is 4. The summed E-state index contributed by atoms with van der Waals surface area (Å²) >= 11 is 12.2. The van der Waals surface area contributed by atoms with Crippen molar-refractivity contribution in [3.8, 4) is 0 Å². The van der Waals surface area contributed by atoms with Crippen molar-refractivity contribution < 1.29 is 22.7 Å². The van der Waals surface area contributed by atoms with Crippen LogP contribution >= 0.6 is 34.5 Å². The van der Waals surface area contributed by atoms with Gasteiger partial charge in [-0.3, -0.25) is 4.79 Å². The fourth-order valence-electron chi connectivity index (χ4n) is 0.868. The number of carbonyl (C=O) groups is 1. The highest BCUT2D eigenvalue weighted by atomic mass is 35.5. The third-order valence-electron chi connectivity index (χ3n) is 1.46. The lowest BCUT2D eigenvalue weighted by atomic mass is 10.2. The number of hydrogen-bond acceptors (Lipinski definition) is 3. The minimum atomic E-state index is -4.45. The number of alkyl halides is 3. The molecule has 0 spiro atoms. The molecule has 0 saturated carbocycles. The number of ether oxygens (including phenoxy) is 1. The highest BCUT2D eigenvalue weighted by Crippen LogP contribution is 2.31. The second-order valence-electron chi connectivity index (χ2n) is 2.77. The van der Waals surface area contributed by atoms with Crippen LogP contribution in [0, 0.1) is 0 Å². The molecule has 0 aliphatic carbocycles. The molecule has 0 aromatic carbocycles. The smallest absolute Gasteiger partial charge is 0.364 e. The molecule has 0 saturated heterocycles. The first-order chi connectivity index (χ1) is 7.29. The van der Waals surface area contributed by atoms with Crippen LogP contribution in [0.4, 0.5) is 13.2 Å². The summed E-state index contributed by atoms with van der Waals surface area (Å²) in [5.74, 6) is -0.627. The van der Waals surface area contributed by atoms with E-state index in [0.29, 0.717) is 4.34 Å². The van der Waals surface area contributed by atoms with Crippen molar-refractivity contribution in [1.82, 2.24) is 0 Å². The molecule has 0 atom stereocenters. The Morgan fingerprint density at radius 1 is 1.44 bits per heavy atom. The molecule has 90 valence electrons. The molecule has 0 aliphatic heterocycles. The van der Waals surface area contributed by atoms with Crippen molar-refractivity contribution in [1.29, 1.82) is 0 Å². The molecule has 0 N–H and O–H groups in total. The second kappa shape index (κ2) is 5.35. The molecular formula is C8H5Cl2F3O2S. The van der Waals surface area contributed by atoms with Crippen molar-refractivity contribution in [2.24, 2.45) is 0 Å². The van der Waals surface area contributed by atoms with E-state index in [1.54, 1.807) is 0 Å². The predicted octanol–water partition coefficient (Wildman–Crippen LogP) is 3.82. The van der Waals surface area contributed by atoms with Gasteiger partial charge in [-0.05, 0) is 6.07 Å². The Hall–Kier alpha value is -0.300. The van der Waals surface area contributed by atoms with Crippen LogP contribution in [0.1, 0.15) is 10.4 Å². The van der Waals surface area contributed by atoms with E-state index in [1.807, 2.05) is 0 Å². The molecule has 0 bridgehead atoms. The summed E-state index contributed by atoms with van der Waals surface area (Å²) in [7, 11) is 0. The van der Waals surface area contributed by atoms with Crippen LogP contribution in [-0.4, -0.2) is 25.2 Å². The van der Waals surface area contributed by atoms with Crippen LogP contribution in [-0.2, 0) is 4.74 Å². The Bertz CT molecular complexity index is 389. The van der Waals surface area contributed by atoms with E-state index >= 15 is 0 Å². The molecule has 0 radical (unpaired) electrons. The molecule has 1 aromatic rings. The Morgan fingerprint density at radius 3 is 2.50 bits per heavy atom. The molecule has 1 rings (SSSR count). The standard InChI is InChI=1S/C8H5Cl2F3O2S/c9-6-1-4(7(10)16-6)5(14)2-15-3-8(11,12)13/h1H,2-3H2. The van der Waals surface area contributed by atoms with E-state index in [2.05, 4.69) is 4.74 Å². The minimum Gasteiger partial charge on any atom is -0.364 e. The first-order valence-electron chi connectivity index (χ1n) is 3.92. The fraction of sp³-hybridized carbons (Fsp3) is 0.375. The zero-order chi connectivity index (χ0) is 12.3. The number of halogens is 5. The zero-order valence-electron chi connectivity index (χ0n) is 7.61. The fourth-order valence-corrected chi connectivity index (χ4v) is 2.37. The van der Waals surface area contributed by atoms with Crippen LogP contribution in [0.3, 0.4) is 0 Å². The third kappa shape index (κ3) is 4.29. The van der Waals surface area contributed by atoms with Gasteiger partial charge in [-0.2, -0.15) is 13.2 Å². The maximum Gasteiger partial charge on any atom is 0.411 e. The number of ketones is 1. The van der Waals surface area contributed by atoms with Gasteiger partial charge in [0.25, 0.3) is 0 Å². The first-order valence-corrected chi connectivity index (χ1v) is 5.49. The van der Waals surface area contributed by atoms with Gasteiger partial charge < -0.3 is 4.74 Å². The van der Waals surface area contributed by atoms with Gasteiger partial charge in [-0.25, -0.2) is 0 Å². The predicted molar refractivity (Wildman–Crippen MR) is 55.5 cm³/mol.